The fraction of sp³-hybridized carbons (Fsp3) is 0.900. The lowest BCUT2D eigenvalue weighted by atomic mass is 9.97. The topological polar surface area (TPSA) is 26.3 Å². The highest BCUT2D eigenvalue weighted by atomic mass is 127. The minimum Gasteiger partial charge on any atom is -0.458 e. The number of fused-ring (bicyclic) bond motifs is 2. The molecular weight excluding hydrogens is 279 g/mol. The van der Waals surface area contributed by atoms with E-state index in [1.165, 1.54) is 12.8 Å². The fourth-order valence-electron chi connectivity index (χ4n) is 2.58. The number of rotatable bonds is 2. The van der Waals surface area contributed by atoms with Crippen molar-refractivity contribution in [3.63, 3.8) is 0 Å². The molecule has 0 aromatic rings. The van der Waals surface area contributed by atoms with Gasteiger partial charge in [0.05, 0.1) is 0 Å². The molecule has 2 aliphatic carbocycles. The number of halogens is 1. The summed E-state index contributed by atoms with van der Waals surface area (Å²) in [6, 6.07) is 0. The normalized spacial score (nSPS) is 39.1. The third-order valence-electron chi connectivity index (χ3n) is 3.32. The fourth-order valence-corrected chi connectivity index (χ4v) is 2.70. The lowest BCUT2D eigenvalue weighted by Crippen LogP contribution is -2.32. The molecule has 0 aromatic heterocycles. The summed E-state index contributed by atoms with van der Waals surface area (Å²) in [6.07, 6.45) is 5.87. The van der Waals surface area contributed by atoms with E-state index in [0.717, 1.165) is 25.2 Å². The van der Waals surface area contributed by atoms with Crippen molar-refractivity contribution in [2.75, 3.05) is 0 Å². The second kappa shape index (κ2) is 3.41. The summed E-state index contributed by atoms with van der Waals surface area (Å²) in [6.45, 7) is 1.89. The maximum atomic E-state index is 11.5. The maximum Gasteiger partial charge on any atom is 0.319 e. The first kappa shape index (κ1) is 9.74. The Bertz CT molecular complexity index is 217. The first-order valence-electron chi connectivity index (χ1n) is 4.98. The summed E-state index contributed by atoms with van der Waals surface area (Å²) in [5, 5.41) is 0. The minimum absolute atomic E-state index is 0.00775. The van der Waals surface area contributed by atoms with Gasteiger partial charge in [-0.05, 0) is 44.9 Å². The minimum atomic E-state index is -0.0405. The van der Waals surface area contributed by atoms with Crippen molar-refractivity contribution >= 4 is 28.6 Å². The highest BCUT2D eigenvalue weighted by molar-refractivity contribution is 14.1. The summed E-state index contributed by atoms with van der Waals surface area (Å²) in [4.78, 5) is 11.5. The standard InChI is InChI=1S/C10H15IO2/c1-7(11)9(12)13-10-4-2-8(6-10)3-5-10/h7-8H,2-6H2,1H3. The second-order valence-electron chi connectivity index (χ2n) is 4.37. The molecule has 2 bridgehead atoms. The van der Waals surface area contributed by atoms with Crippen LogP contribution in [-0.2, 0) is 9.53 Å². The zero-order valence-corrected chi connectivity index (χ0v) is 10.0. The highest BCUT2D eigenvalue weighted by Gasteiger charge is 2.47. The average Bonchev–Trinajstić information content (AvgIpc) is 2.62. The van der Waals surface area contributed by atoms with E-state index in [9.17, 15) is 4.79 Å². The predicted molar refractivity (Wildman–Crippen MR) is 58.9 cm³/mol. The van der Waals surface area contributed by atoms with Gasteiger partial charge in [0.15, 0.2) is 0 Å². The molecule has 1 atom stereocenters. The van der Waals surface area contributed by atoms with Crippen LogP contribution in [0, 0.1) is 5.92 Å². The molecule has 2 saturated carbocycles. The predicted octanol–water partition coefficient (Wildman–Crippen LogP) is 2.69. The van der Waals surface area contributed by atoms with E-state index in [2.05, 4.69) is 22.6 Å². The Labute approximate surface area is 92.5 Å². The lowest BCUT2D eigenvalue weighted by molar-refractivity contribution is -0.157. The van der Waals surface area contributed by atoms with E-state index < -0.39 is 0 Å². The molecule has 0 aliphatic heterocycles. The van der Waals surface area contributed by atoms with E-state index in [-0.39, 0.29) is 15.5 Å². The maximum absolute atomic E-state index is 11.5. The molecule has 3 heteroatoms. The first-order chi connectivity index (χ1) is 6.11. The molecule has 2 fully saturated rings. The average molecular weight is 294 g/mol. The Balaban J connectivity index is 1.97. The molecular formula is C10H15IO2. The molecule has 0 amide bonds. The molecule has 0 saturated heterocycles. The Morgan fingerprint density at radius 2 is 2.15 bits per heavy atom. The molecule has 2 aliphatic rings. The Kier molecular flexibility index (Phi) is 2.55. The molecule has 0 heterocycles. The summed E-state index contributed by atoms with van der Waals surface area (Å²) in [5.74, 6) is 0.820. The third-order valence-corrected chi connectivity index (χ3v) is 3.83. The van der Waals surface area contributed by atoms with Gasteiger partial charge in [0.2, 0.25) is 0 Å². The number of carbonyl (C=O) groups is 1. The van der Waals surface area contributed by atoms with Gasteiger partial charge in [-0.25, -0.2) is 0 Å². The Hall–Kier alpha value is 0.200. The van der Waals surface area contributed by atoms with Crippen molar-refractivity contribution in [1.82, 2.24) is 0 Å². The molecule has 13 heavy (non-hydrogen) atoms. The molecule has 0 spiro atoms. The van der Waals surface area contributed by atoms with Gasteiger partial charge in [0.1, 0.15) is 9.53 Å². The number of ether oxygens (including phenoxy) is 1. The van der Waals surface area contributed by atoms with Crippen molar-refractivity contribution in [1.29, 1.82) is 0 Å². The van der Waals surface area contributed by atoms with E-state index in [4.69, 9.17) is 4.74 Å². The van der Waals surface area contributed by atoms with E-state index >= 15 is 0 Å². The van der Waals surface area contributed by atoms with Gasteiger partial charge in [-0.1, -0.05) is 22.6 Å². The van der Waals surface area contributed by atoms with Crippen LogP contribution >= 0.6 is 22.6 Å². The van der Waals surface area contributed by atoms with Crippen molar-refractivity contribution in [3.8, 4) is 0 Å². The van der Waals surface area contributed by atoms with Crippen LogP contribution in [0.5, 0.6) is 0 Å². The van der Waals surface area contributed by atoms with E-state index in [1.54, 1.807) is 0 Å². The van der Waals surface area contributed by atoms with Crippen molar-refractivity contribution in [2.24, 2.45) is 5.92 Å². The first-order valence-corrected chi connectivity index (χ1v) is 6.23. The van der Waals surface area contributed by atoms with Gasteiger partial charge in [-0.15, -0.1) is 0 Å². The summed E-state index contributed by atoms with van der Waals surface area (Å²) < 4.78 is 5.60. The van der Waals surface area contributed by atoms with Gasteiger partial charge < -0.3 is 4.74 Å². The van der Waals surface area contributed by atoms with Crippen LogP contribution < -0.4 is 0 Å². The lowest BCUT2D eigenvalue weighted by Gasteiger charge is -2.27. The molecule has 0 radical (unpaired) electrons. The Morgan fingerprint density at radius 1 is 1.54 bits per heavy atom. The number of hydrogen-bond donors (Lipinski definition) is 0. The Morgan fingerprint density at radius 3 is 2.54 bits per heavy atom. The summed E-state index contributed by atoms with van der Waals surface area (Å²) >= 11 is 2.12. The van der Waals surface area contributed by atoms with Crippen molar-refractivity contribution in [3.05, 3.63) is 0 Å². The van der Waals surface area contributed by atoms with Crippen LogP contribution in [0.2, 0.25) is 0 Å². The van der Waals surface area contributed by atoms with Crippen LogP contribution in [0.15, 0.2) is 0 Å². The van der Waals surface area contributed by atoms with Gasteiger partial charge >= 0.3 is 5.97 Å². The molecule has 1 unspecified atom stereocenters. The molecule has 74 valence electrons. The molecule has 0 aromatic carbocycles. The molecule has 0 N–H and O–H groups in total. The van der Waals surface area contributed by atoms with Crippen LogP contribution in [0.3, 0.4) is 0 Å². The van der Waals surface area contributed by atoms with Crippen molar-refractivity contribution < 1.29 is 9.53 Å². The molecule has 2 rings (SSSR count). The largest absolute Gasteiger partial charge is 0.458 e. The number of hydrogen-bond acceptors (Lipinski definition) is 2. The van der Waals surface area contributed by atoms with Crippen LogP contribution in [0.1, 0.15) is 39.0 Å². The van der Waals surface area contributed by atoms with Gasteiger partial charge in [-0.2, -0.15) is 0 Å². The van der Waals surface area contributed by atoms with E-state index in [0.29, 0.717) is 0 Å². The quantitative estimate of drug-likeness (QED) is 0.445. The third kappa shape index (κ3) is 1.85. The number of esters is 1. The van der Waals surface area contributed by atoms with Crippen LogP contribution in [-0.4, -0.2) is 15.5 Å². The highest BCUT2D eigenvalue weighted by Crippen LogP contribution is 2.50. The zero-order chi connectivity index (χ0) is 9.47. The SMILES string of the molecule is CC(I)C(=O)OC12CCC(CC1)C2. The smallest absolute Gasteiger partial charge is 0.319 e. The molecule has 2 nitrogen and oxygen atoms in total. The monoisotopic (exact) mass is 294 g/mol. The number of alkyl halides is 1. The van der Waals surface area contributed by atoms with Crippen LogP contribution in [0.25, 0.3) is 0 Å². The van der Waals surface area contributed by atoms with Gasteiger partial charge in [0.25, 0.3) is 0 Å². The second-order valence-corrected chi connectivity index (χ2v) is 6.24. The van der Waals surface area contributed by atoms with Gasteiger partial charge in [0, 0.05) is 0 Å². The summed E-state index contributed by atoms with van der Waals surface area (Å²) in [7, 11) is 0. The number of carbonyl (C=O) groups excluding carboxylic acids is 1. The van der Waals surface area contributed by atoms with Gasteiger partial charge in [-0.3, -0.25) is 4.79 Å². The summed E-state index contributed by atoms with van der Waals surface area (Å²) in [5.41, 5.74) is -0.0405. The van der Waals surface area contributed by atoms with E-state index in [1.807, 2.05) is 6.92 Å². The van der Waals surface area contributed by atoms with Crippen molar-refractivity contribution in [2.45, 2.75) is 48.6 Å². The zero-order valence-electron chi connectivity index (χ0n) is 7.88. The van der Waals surface area contributed by atoms with Crippen LogP contribution in [0.4, 0.5) is 0 Å².